The topological polar surface area (TPSA) is 47.4 Å². The number of aromatic nitrogens is 2. The lowest BCUT2D eigenvalue weighted by atomic mass is 10.1. The van der Waals surface area contributed by atoms with E-state index in [4.69, 9.17) is 9.84 Å². The highest BCUT2D eigenvalue weighted by molar-refractivity contribution is 7.13. The minimum Gasteiger partial charge on any atom is -0.497 e. The van der Waals surface area contributed by atoms with E-state index in [2.05, 4.69) is 23.1 Å². The van der Waals surface area contributed by atoms with Crippen LogP contribution in [-0.4, -0.2) is 27.8 Å². The summed E-state index contributed by atoms with van der Waals surface area (Å²) in [6.07, 6.45) is 2.33. The highest BCUT2D eigenvalue weighted by Crippen LogP contribution is 2.31. The van der Waals surface area contributed by atoms with Crippen LogP contribution in [0.3, 0.4) is 0 Å². The minimum absolute atomic E-state index is 0.0358. The van der Waals surface area contributed by atoms with Gasteiger partial charge in [0.15, 0.2) is 0 Å². The van der Waals surface area contributed by atoms with Crippen LogP contribution in [0, 0.1) is 0 Å². The van der Waals surface area contributed by atoms with Gasteiger partial charge in [-0.2, -0.15) is 5.10 Å². The number of ether oxygens (including phenoxy) is 1. The molecule has 0 N–H and O–H groups in total. The molecule has 0 spiro atoms. The molecule has 2 aromatic carbocycles. The second-order valence-electron chi connectivity index (χ2n) is 7.64. The summed E-state index contributed by atoms with van der Waals surface area (Å²) in [5.74, 6) is 0.852. The average molecular weight is 418 g/mol. The SMILES string of the molecule is COc1ccc(CN(Cn2nc(-c3cccs3)c3ccccc3c2=O)C2CC2)cc1. The molecule has 4 aromatic rings. The third-order valence-corrected chi connectivity index (χ3v) is 6.42. The first-order valence-electron chi connectivity index (χ1n) is 10.1. The van der Waals surface area contributed by atoms with Gasteiger partial charge in [0, 0.05) is 18.0 Å². The van der Waals surface area contributed by atoms with Gasteiger partial charge in [-0.3, -0.25) is 9.69 Å². The molecule has 1 fully saturated rings. The van der Waals surface area contributed by atoms with Gasteiger partial charge in [0.05, 0.1) is 24.0 Å². The zero-order valence-electron chi connectivity index (χ0n) is 16.8. The first kappa shape index (κ1) is 19.0. The van der Waals surface area contributed by atoms with Gasteiger partial charge in [0.1, 0.15) is 11.4 Å². The Hall–Kier alpha value is -2.96. The third kappa shape index (κ3) is 3.76. The number of fused-ring (bicyclic) bond motifs is 1. The van der Waals surface area contributed by atoms with Crippen molar-refractivity contribution in [3.05, 3.63) is 82.0 Å². The fourth-order valence-corrected chi connectivity index (χ4v) is 4.52. The van der Waals surface area contributed by atoms with Gasteiger partial charge in [0.25, 0.3) is 5.56 Å². The first-order chi connectivity index (χ1) is 14.7. The van der Waals surface area contributed by atoms with Crippen LogP contribution in [0.15, 0.2) is 70.8 Å². The zero-order valence-corrected chi connectivity index (χ0v) is 17.6. The summed E-state index contributed by atoms with van der Waals surface area (Å²) < 4.78 is 6.90. The monoisotopic (exact) mass is 417 g/mol. The summed E-state index contributed by atoms with van der Waals surface area (Å²) in [6.45, 7) is 1.27. The normalized spacial score (nSPS) is 13.8. The molecule has 1 aliphatic carbocycles. The summed E-state index contributed by atoms with van der Waals surface area (Å²) in [5.41, 5.74) is 2.04. The number of hydrogen-bond acceptors (Lipinski definition) is 5. The minimum atomic E-state index is -0.0358. The number of nitrogens with zero attached hydrogens (tertiary/aromatic N) is 3. The Labute approximate surface area is 179 Å². The lowest BCUT2D eigenvalue weighted by Gasteiger charge is -2.23. The Morgan fingerprint density at radius 2 is 1.83 bits per heavy atom. The van der Waals surface area contributed by atoms with Crippen LogP contribution in [0.5, 0.6) is 5.75 Å². The van der Waals surface area contributed by atoms with Crippen molar-refractivity contribution >= 4 is 22.1 Å². The number of rotatable bonds is 7. The van der Waals surface area contributed by atoms with Crippen LogP contribution in [0.25, 0.3) is 21.3 Å². The van der Waals surface area contributed by atoms with Gasteiger partial charge in [-0.1, -0.05) is 36.4 Å². The second kappa shape index (κ2) is 8.05. The number of hydrogen-bond donors (Lipinski definition) is 0. The molecular weight excluding hydrogens is 394 g/mol. The van der Waals surface area contributed by atoms with E-state index in [0.29, 0.717) is 12.7 Å². The maximum absolute atomic E-state index is 13.2. The predicted octanol–water partition coefficient (Wildman–Crippen LogP) is 4.76. The van der Waals surface area contributed by atoms with Crippen molar-refractivity contribution in [1.82, 2.24) is 14.7 Å². The Kier molecular flexibility index (Phi) is 5.11. The summed E-state index contributed by atoms with van der Waals surface area (Å²) >= 11 is 1.65. The number of methoxy groups -OCH3 is 1. The van der Waals surface area contributed by atoms with E-state index in [-0.39, 0.29) is 5.56 Å². The van der Waals surface area contributed by atoms with Crippen LogP contribution >= 0.6 is 11.3 Å². The van der Waals surface area contributed by atoms with Gasteiger partial charge in [-0.25, -0.2) is 4.68 Å². The van der Waals surface area contributed by atoms with E-state index in [9.17, 15) is 4.79 Å². The van der Waals surface area contributed by atoms with Crippen molar-refractivity contribution in [1.29, 1.82) is 0 Å². The molecule has 0 atom stereocenters. The average Bonchev–Trinajstić information content (AvgIpc) is 3.50. The van der Waals surface area contributed by atoms with Crippen molar-refractivity contribution in [3.8, 4) is 16.3 Å². The smallest absolute Gasteiger partial charge is 0.275 e. The quantitative estimate of drug-likeness (QED) is 0.435. The Morgan fingerprint density at radius 3 is 2.50 bits per heavy atom. The fraction of sp³-hybridized carbons (Fsp3) is 0.250. The Morgan fingerprint density at radius 1 is 1.07 bits per heavy atom. The third-order valence-electron chi connectivity index (χ3n) is 5.55. The van der Waals surface area contributed by atoms with Crippen molar-refractivity contribution < 1.29 is 4.74 Å². The molecule has 2 aromatic heterocycles. The molecule has 6 heteroatoms. The highest BCUT2D eigenvalue weighted by Gasteiger charge is 2.30. The van der Waals surface area contributed by atoms with E-state index in [0.717, 1.165) is 46.5 Å². The van der Waals surface area contributed by atoms with E-state index < -0.39 is 0 Å². The van der Waals surface area contributed by atoms with Gasteiger partial charge in [0.2, 0.25) is 0 Å². The summed E-state index contributed by atoms with van der Waals surface area (Å²) in [5, 5.41) is 8.49. The van der Waals surface area contributed by atoms with E-state index in [1.54, 1.807) is 23.1 Å². The molecule has 0 bridgehead atoms. The van der Waals surface area contributed by atoms with Gasteiger partial charge < -0.3 is 4.74 Å². The van der Waals surface area contributed by atoms with Crippen molar-refractivity contribution in [2.75, 3.05) is 7.11 Å². The van der Waals surface area contributed by atoms with Gasteiger partial charge >= 0.3 is 0 Å². The van der Waals surface area contributed by atoms with E-state index in [1.165, 1.54) is 5.56 Å². The van der Waals surface area contributed by atoms with Crippen molar-refractivity contribution in [2.24, 2.45) is 0 Å². The molecule has 152 valence electrons. The second-order valence-corrected chi connectivity index (χ2v) is 8.59. The van der Waals surface area contributed by atoms with Gasteiger partial charge in [-0.15, -0.1) is 11.3 Å². The molecule has 0 amide bonds. The Balaban J connectivity index is 1.51. The molecule has 0 unspecified atom stereocenters. The summed E-state index contributed by atoms with van der Waals surface area (Å²) in [4.78, 5) is 16.7. The van der Waals surface area contributed by atoms with Crippen LogP contribution in [0.2, 0.25) is 0 Å². The highest BCUT2D eigenvalue weighted by atomic mass is 32.1. The summed E-state index contributed by atoms with van der Waals surface area (Å²) in [6, 6.07) is 20.5. The molecule has 0 aliphatic heterocycles. The maximum atomic E-state index is 13.2. The molecule has 1 saturated carbocycles. The molecule has 5 rings (SSSR count). The van der Waals surface area contributed by atoms with Crippen LogP contribution in [0.4, 0.5) is 0 Å². The Bertz CT molecular complexity index is 1210. The zero-order chi connectivity index (χ0) is 20.5. The largest absolute Gasteiger partial charge is 0.497 e. The maximum Gasteiger partial charge on any atom is 0.275 e. The standard InChI is InChI=1S/C24H23N3O2S/c1-29-19-12-8-17(9-13-19)15-26(18-10-11-18)16-27-24(28)21-6-3-2-5-20(21)23(25-27)22-7-4-14-30-22/h2-9,12-14,18H,10-11,15-16H2,1H3. The fourth-order valence-electron chi connectivity index (χ4n) is 3.80. The van der Waals surface area contributed by atoms with Crippen LogP contribution < -0.4 is 10.3 Å². The first-order valence-corrected chi connectivity index (χ1v) is 11.0. The molecule has 0 radical (unpaired) electrons. The predicted molar refractivity (Wildman–Crippen MR) is 121 cm³/mol. The molecule has 5 nitrogen and oxygen atoms in total. The van der Waals surface area contributed by atoms with Crippen molar-refractivity contribution in [3.63, 3.8) is 0 Å². The van der Waals surface area contributed by atoms with Crippen LogP contribution in [0.1, 0.15) is 18.4 Å². The van der Waals surface area contributed by atoms with E-state index in [1.807, 2.05) is 47.8 Å². The molecule has 1 aliphatic rings. The summed E-state index contributed by atoms with van der Waals surface area (Å²) in [7, 11) is 1.68. The van der Waals surface area contributed by atoms with Crippen molar-refractivity contribution in [2.45, 2.75) is 32.1 Å². The molecule has 0 saturated heterocycles. The van der Waals surface area contributed by atoms with Gasteiger partial charge in [-0.05, 0) is 48.1 Å². The van der Waals surface area contributed by atoms with E-state index >= 15 is 0 Å². The molecule has 2 heterocycles. The lowest BCUT2D eigenvalue weighted by molar-refractivity contribution is 0.184. The number of benzene rings is 2. The molecular formula is C24H23N3O2S. The van der Waals surface area contributed by atoms with Crippen LogP contribution in [-0.2, 0) is 13.2 Å². The lowest BCUT2D eigenvalue weighted by Crippen LogP contribution is -2.35. The number of thiophene rings is 1. The molecule has 30 heavy (non-hydrogen) atoms.